The highest BCUT2D eigenvalue weighted by molar-refractivity contribution is 7.84. The Kier molecular flexibility index (Phi) is 7.17. The van der Waals surface area contributed by atoms with Crippen LogP contribution in [0.5, 0.6) is 5.75 Å². The van der Waals surface area contributed by atoms with E-state index in [9.17, 15) is 9.00 Å². The zero-order chi connectivity index (χ0) is 15.0. The van der Waals surface area contributed by atoms with Crippen LogP contribution in [-0.2, 0) is 15.6 Å². The van der Waals surface area contributed by atoms with Crippen molar-refractivity contribution in [2.24, 2.45) is 5.73 Å². The number of nitrogens with one attached hydrogen (secondary N) is 1. The van der Waals surface area contributed by atoms with Crippen LogP contribution in [0.4, 0.5) is 0 Å². The molecule has 0 aliphatic rings. The van der Waals surface area contributed by atoms with E-state index in [1.54, 1.807) is 30.5 Å². The van der Waals surface area contributed by atoms with Crippen molar-refractivity contribution in [3.63, 3.8) is 0 Å². The smallest absolute Gasteiger partial charge is 0.257 e. The average molecular weight is 314 g/mol. The third kappa shape index (κ3) is 6.12. The maximum absolute atomic E-state index is 11.6. The molecule has 1 aromatic rings. The van der Waals surface area contributed by atoms with Crippen molar-refractivity contribution >= 4 is 33.9 Å². The Hall–Kier alpha value is -1.47. The zero-order valence-electron chi connectivity index (χ0n) is 11.3. The Morgan fingerprint density at radius 1 is 1.45 bits per heavy atom. The van der Waals surface area contributed by atoms with E-state index >= 15 is 0 Å². The summed E-state index contributed by atoms with van der Waals surface area (Å²) in [6, 6.07) is 7.03. The summed E-state index contributed by atoms with van der Waals surface area (Å²) in [6.45, 7) is 0.383. The number of rotatable bonds is 8. The molecule has 1 amide bonds. The zero-order valence-corrected chi connectivity index (χ0v) is 12.9. The van der Waals surface area contributed by atoms with Gasteiger partial charge in [0.25, 0.3) is 5.91 Å². The molecule has 1 atom stereocenters. The van der Waals surface area contributed by atoms with E-state index in [0.717, 1.165) is 0 Å². The van der Waals surface area contributed by atoms with Crippen LogP contribution in [0.25, 0.3) is 0 Å². The Bertz CT molecular complexity index is 506. The van der Waals surface area contributed by atoms with Gasteiger partial charge < -0.3 is 15.8 Å². The molecule has 20 heavy (non-hydrogen) atoms. The number of ether oxygens (including phenoxy) is 1. The van der Waals surface area contributed by atoms with Gasteiger partial charge in [0.1, 0.15) is 10.7 Å². The first kappa shape index (κ1) is 16.6. The number of hydrogen-bond donors (Lipinski definition) is 2. The van der Waals surface area contributed by atoms with E-state index in [4.69, 9.17) is 22.7 Å². The lowest BCUT2D eigenvalue weighted by molar-refractivity contribution is -0.123. The number of benzene rings is 1. The van der Waals surface area contributed by atoms with E-state index in [2.05, 4.69) is 5.32 Å². The molecular formula is C13H18N2O3S2. The first-order valence-electron chi connectivity index (χ1n) is 6.09. The lowest BCUT2D eigenvalue weighted by Gasteiger charge is -2.10. The molecule has 1 unspecified atom stereocenters. The molecule has 0 bridgehead atoms. The van der Waals surface area contributed by atoms with Crippen molar-refractivity contribution in [2.75, 3.05) is 25.2 Å². The van der Waals surface area contributed by atoms with Gasteiger partial charge in [-0.25, -0.2) is 0 Å². The third-order valence-corrected chi connectivity index (χ3v) is 3.53. The van der Waals surface area contributed by atoms with Crippen LogP contribution >= 0.6 is 12.2 Å². The molecule has 0 aliphatic carbocycles. The third-order valence-electron chi connectivity index (χ3n) is 2.44. The molecule has 0 saturated carbocycles. The number of hydrogen-bond acceptors (Lipinski definition) is 4. The Balaban J connectivity index is 2.38. The number of para-hydroxylation sites is 1. The van der Waals surface area contributed by atoms with Crippen LogP contribution in [0, 0.1) is 0 Å². The first-order chi connectivity index (χ1) is 9.50. The fourth-order valence-corrected chi connectivity index (χ4v) is 2.21. The fraction of sp³-hybridized carbons (Fsp3) is 0.385. The van der Waals surface area contributed by atoms with E-state index in [1.807, 2.05) is 0 Å². The summed E-state index contributed by atoms with van der Waals surface area (Å²) >= 11 is 4.91. The van der Waals surface area contributed by atoms with Crippen LogP contribution in [0.3, 0.4) is 0 Å². The van der Waals surface area contributed by atoms with Crippen LogP contribution in [0.2, 0.25) is 0 Å². The Morgan fingerprint density at radius 3 is 2.80 bits per heavy atom. The second kappa shape index (κ2) is 8.65. The average Bonchev–Trinajstić information content (AvgIpc) is 2.41. The molecule has 7 heteroatoms. The van der Waals surface area contributed by atoms with Crippen LogP contribution in [-0.4, -0.2) is 40.3 Å². The summed E-state index contributed by atoms with van der Waals surface area (Å²) in [6.07, 6.45) is 2.32. The van der Waals surface area contributed by atoms with Gasteiger partial charge in [0.2, 0.25) is 0 Å². The van der Waals surface area contributed by atoms with Crippen molar-refractivity contribution in [1.82, 2.24) is 5.32 Å². The molecule has 3 N–H and O–H groups in total. The minimum atomic E-state index is -0.833. The number of nitrogens with two attached hydrogens (primary N) is 1. The summed E-state index contributed by atoms with van der Waals surface area (Å²) in [5, 5.41) is 2.69. The summed E-state index contributed by atoms with van der Waals surface area (Å²) in [7, 11) is -0.833. The van der Waals surface area contributed by atoms with Crippen LogP contribution in [0.1, 0.15) is 12.0 Å². The molecule has 0 aliphatic heterocycles. The summed E-state index contributed by atoms with van der Waals surface area (Å²) in [5.41, 5.74) is 6.18. The maximum Gasteiger partial charge on any atom is 0.257 e. The Labute approximate surface area is 126 Å². The van der Waals surface area contributed by atoms with Crippen LogP contribution in [0.15, 0.2) is 24.3 Å². The normalized spacial score (nSPS) is 11.7. The highest BCUT2D eigenvalue weighted by atomic mass is 32.2. The van der Waals surface area contributed by atoms with E-state index in [0.29, 0.717) is 30.0 Å². The van der Waals surface area contributed by atoms with Gasteiger partial charge in [0, 0.05) is 29.4 Å². The molecule has 0 spiro atoms. The first-order valence-corrected chi connectivity index (χ1v) is 8.22. The second-order valence-corrected chi connectivity index (χ2v) is 6.12. The number of amides is 1. The largest absolute Gasteiger partial charge is 0.483 e. The molecule has 1 rings (SSSR count). The highest BCUT2D eigenvalue weighted by Gasteiger charge is 2.07. The topological polar surface area (TPSA) is 81.4 Å². The van der Waals surface area contributed by atoms with Gasteiger partial charge in [-0.1, -0.05) is 24.4 Å². The van der Waals surface area contributed by atoms with Gasteiger partial charge in [-0.05, 0) is 18.6 Å². The summed E-state index contributed by atoms with van der Waals surface area (Å²) < 4.78 is 16.2. The SMILES string of the molecule is CS(=O)CCCNC(=O)COc1ccccc1C(N)=S. The molecular weight excluding hydrogens is 296 g/mol. The lowest BCUT2D eigenvalue weighted by atomic mass is 10.2. The van der Waals surface area contributed by atoms with Gasteiger partial charge in [0.15, 0.2) is 6.61 Å². The molecule has 0 aromatic heterocycles. The molecule has 0 saturated heterocycles. The van der Waals surface area contributed by atoms with Gasteiger partial charge in [-0.2, -0.15) is 0 Å². The number of thiocarbonyl (C=S) groups is 1. The molecule has 0 radical (unpaired) electrons. The van der Waals surface area contributed by atoms with Crippen molar-refractivity contribution < 1.29 is 13.7 Å². The molecule has 1 aromatic carbocycles. The molecule has 110 valence electrons. The van der Waals surface area contributed by atoms with Crippen LogP contribution < -0.4 is 15.8 Å². The van der Waals surface area contributed by atoms with E-state index in [1.165, 1.54) is 0 Å². The second-order valence-electron chi connectivity index (χ2n) is 4.13. The van der Waals surface area contributed by atoms with E-state index in [-0.39, 0.29) is 17.5 Å². The van der Waals surface area contributed by atoms with Gasteiger partial charge in [-0.15, -0.1) is 0 Å². The maximum atomic E-state index is 11.6. The van der Waals surface area contributed by atoms with Crippen molar-refractivity contribution in [1.29, 1.82) is 0 Å². The minimum Gasteiger partial charge on any atom is -0.483 e. The minimum absolute atomic E-state index is 0.102. The Morgan fingerprint density at radius 2 is 2.15 bits per heavy atom. The van der Waals surface area contributed by atoms with Gasteiger partial charge >= 0.3 is 0 Å². The summed E-state index contributed by atoms with van der Waals surface area (Å²) in [5.74, 6) is 0.834. The lowest BCUT2D eigenvalue weighted by Crippen LogP contribution is -2.30. The fourth-order valence-electron chi connectivity index (χ4n) is 1.49. The highest BCUT2D eigenvalue weighted by Crippen LogP contribution is 2.17. The molecule has 0 heterocycles. The molecule has 5 nitrogen and oxygen atoms in total. The summed E-state index contributed by atoms with van der Waals surface area (Å²) in [4.78, 5) is 11.8. The predicted octanol–water partition coefficient (Wildman–Crippen LogP) is 0.584. The van der Waals surface area contributed by atoms with Crippen molar-refractivity contribution in [2.45, 2.75) is 6.42 Å². The molecule has 0 fully saturated rings. The van der Waals surface area contributed by atoms with Gasteiger partial charge in [0.05, 0.1) is 5.56 Å². The number of carbonyl (C=O) groups excluding carboxylic acids is 1. The quantitative estimate of drug-likeness (QED) is 0.542. The number of carbonyl (C=O) groups is 1. The van der Waals surface area contributed by atoms with Crippen molar-refractivity contribution in [3.8, 4) is 5.75 Å². The predicted molar refractivity (Wildman–Crippen MR) is 84.4 cm³/mol. The van der Waals surface area contributed by atoms with E-state index < -0.39 is 10.8 Å². The standard InChI is InChI=1S/C13H18N2O3S2/c1-20(17)8-4-7-15-12(16)9-18-11-6-3-2-5-10(11)13(14)19/h2-3,5-6H,4,7-9H2,1H3,(H2,14,19)(H,15,16). The van der Waals surface area contributed by atoms with Gasteiger partial charge in [-0.3, -0.25) is 9.00 Å². The monoisotopic (exact) mass is 314 g/mol. The van der Waals surface area contributed by atoms with Crippen molar-refractivity contribution in [3.05, 3.63) is 29.8 Å².